The summed E-state index contributed by atoms with van der Waals surface area (Å²) in [6.45, 7) is 0. The van der Waals surface area contributed by atoms with Crippen molar-refractivity contribution in [2.24, 2.45) is 0 Å². The molecule has 1 aromatic heterocycles. The van der Waals surface area contributed by atoms with Gasteiger partial charge in [-0.1, -0.05) is 0 Å². The molecule has 0 saturated heterocycles. The summed E-state index contributed by atoms with van der Waals surface area (Å²) < 4.78 is 7.29. The minimum atomic E-state index is 0.754. The van der Waals surface area contributed by atoms with Crippen LogP contribution in [-0.4, -0.2) is 7.11 Å². The number of thiophene rings is 1. The number of rotatable bonds is 1. The molecule has 0 unspecified atom stereocenters. The molecule has 0 N–H and O–H groups in total. The quantitative estimate of drug-likeness (QED) is 0.756. The first kappa shape index (κ1) is 9.74. The summed E-state index contributed by atoms with van der Waals surface area (Å²) in [7, 11) is 1.63. The van der Waals surface area contributed by atoms with Crippen LogP contribution in [0.3, 0.4) is 0 Å². The molecule has 0 spiro atoms. The fourth-order valence-corrected chi connectivity index (χ4v) is 3.26. The highest BCUT2D eigenvalue weighted by molar-refractivity contribution is 14.1. The fourth-order valence-electron chi connectivity index (χ4n) is 1.28. The fraction of sp³-hybridized carbons (Fsp3) is 0.100. The van der Waals surface area contributed by atoms with Crippen LogP contribution in [0.5, 0.6) is 5.75 Å². The topological polar surface area (TPSA) is 33.0 Å². The summed E-state index contributed by atoms with van der Waals surface area (Å²) in [4.78, 5) is 0. The normalized spacial score (nSPS) is 10.1. The van der Waals surface area contributed by atoms with Crippen molar-refractivity contribution in [1.29, 1.82) is 5.26 Å². The Morgan fingerprint density at radius 3 is 2.93 bits per heavy atom. The molecular formula is C10H6INOS. The van der Waals surface area contributed by atoms with Gasteiger partial charge in [0, 0.05) is 10.1 Å². The van der Waals surface area contributed by atoms with Gasteiger partial charge >= 0.3 is 0 Å². The number of methoxy groups -OCH3 is 1. The van der Waals surface area contributed by atoms with Crippen molar-refractivity contribution in [3.63, 3.8) is 0 Å². The number of benzene rings is 1. The maximum atomic E-state index is 8.98. The maximum Gasteiger partial charge on any atom is 0.119 e. The third kappa shape index (κ3) is 1.47. The van der Waals surface area contributed by atoms with Crippen LogP contribution in [0.2, 0.25) is 0 Å². The highest BCUT2D eigenvalue weighted by Gasteiger charge is 2.09. The van der Waals surface area contributed by atoms with Crippen LogP contribution in [0.4, 0.5) is 0 Å². The zero-order chi connectivity index (χ0) is 10.1. The van der Waals surface area contributed by atoms with Crippen molar-refractivity contribution in [2.75, 3.05) is 7.11 Å². The molecule has 0 amide bonds. The number of hydrogen-bond donors (Lipinski definition) is 0. The number of nitriles is 1. The summed E-state index contributed by atoms with van der Waals surface area (Å²) in [5, 5.41) is 9.97. The summed E-state index contributed by atoms with van der Waals surface area (Å²) in [6.07, 6.45) is 0. The first-order valence-corrected chi connectivity index (χ1v) is 5.82. The minimum absolute atomic E-state index is 0.754. The van der Waals surface area contributed by atoms with Gasteiger partial charge in [-0.05, 0) is 40.8 Å². The molecule has 2 aromatic rings. The number of nitrogens with zero attached hydrogens (tertiary/aromatic N) is 1. The largest absolute Gasteiger partial charge is 0.497 e. The van der Waals surface area contributed by atoms with E-state index in [1.807, 2.05) is 18.2 Å². The lowest BCUT2D eigenvalue weighted by Crippen LogP contribution is -1.81. The Bertz CT molecular complexity index is 527. The number of halogens is 1. The summed E-state index contributed by atoms with van der Waals surface area (Å²) in [5.74, 6) is 0.795. The highest BCUT2D eigenvalue weighted by atomic mass is 127. The molecule has 0 fully saturated rings. The second kappa shape index (κ2) is 3.75. The molecule has 0 aliphatic carbocycles. The molecule has 2 nitrogen and oxygen atoms in total. The number of hydrogen-bond acceptors (Lipinski definition) is 3. The predicted molar refractivity (Wildman–Crippen MR) is 65.8 cm³/mol. The molecule has 0 bridgehead atoms. The Balaban J connectivity index is 2.79. The van der Waals surface area contributed by atoms with Crippen LogP contribution in [-0.2, 0) is 0 Å². The van der Waals surface area contributed by atoms with Gasteiger partial charge in [-0.2, -0.15) is 5.26 Å². The lowest BCUT2D eigenvalue weighted by Gasteiger charge is -1.98. The van der Waals surface area contributed by atoms with Gasteiger partial charge in [-0.3, -0.25) is 0 Å². The molecule has 0 atom stereocenters. The summed E-state index contributed by atoms with van der Waals surface area (Å²) in [5.41, 5.74) is 0.754. The minimum Gasteiger partial charge on any atom is -0.497 e. The van der Waals surface area contributed by atoms with E-state index in [0.29, 0.717) is 0 Å². The molecule has 0 aliphatic rings. The van der Waals surface area contributed by atoms with E-state index in [0.717, 1.165) is 24.3 Å². The molecule has 14 heavy (non-hydrogen) atoms. The number of fused-ring (bicyclic) bond motifs is 1. The standard InChI is InChI=1S/C10H6INOS/c1-13-6-2-3-9-7(4-6)8(5-12)10(11)14-9/h2-4H,1H3. The van der Waals surface area contributed by atoms with E-state index < -0.39 is 0 Å². The SMILES string of the molecule is COc1ccc2sc(I)c(C#N)c2c1. The Hall–Kier alpha value is -0.800. The van der Waals surface area contributed by atoms with Gasteiger partial charge < -0.3 is 4.74 Å². The monoisotopic (exact) mass is 315 g/mol. The van der Waals surface area contributed by atoms with Gasteiger partial charge in [0.2, 0.25) is 0 Å². The van der Waals surface area contributed by atoms with Gasteiger partial charge in [0.05, 0.1) is 15.6 Å². The van der Waals surface area contributed by atoms with Crippen molar-refractivity contribution in [3.05, 3.63) is 26.6 Å². The van der Waals surface area contributed by atoms with Crippen LogP contribution in [0.1, 0.15) is 5.56 Å². The molecular weight excluding hydrogens is 309 g/mol. The number of ether oxygens (including phenoxy) is 1. The van der Waals surface area contributed by atoms with Crippen LogP contribution >= 0.6 is 33.9 Å². The van der Waals surface area contributed by atoms with E-state index in [2.05, 4.69) is 28.7 Å². The van der Waals surface area contributed by atoms with Crippen molar-refractivity contribution in [3.8, 4) is 11.8 Å². The molecule has 70 valence electrons. The lowest BCUT2D eigenvalue weighted by molar-refractivity contribution is 0.415. The van der Waals surface area contributed by atoms with Crippen molar-refractivity contribution >= 4 is 44.0 Å². The van der Waals surface area contributed by atoms with Crippen LogP contribution in [0.15, 0.2) is 18.2 Å². The van der Waals surface area contributed by atoms with E-state index in [9.17, 15) is 0 Å². The smallest absolute Gasteiger partial charge is 0.119 e. The van der Waals surface area contributed by atoms with Crippen LogP contribution in [0.25, 0.3) is 10.1 Å². The summed E-state index contributed by atoms with van der Waals surface area (Å²) in [6, 6.07) is 8.03. The Morgan fingerprint density at radius 2 is 2.29 bits per heavy atom. The second-order valence-electron chi connectivity index (χ2n) is 2.72. The van der Waals surface area contributed by atoms with Gasteiger partial charge in [0.15, 0.2) is 0 Å². The summed E-state index contributed by atoms with van der Waals surface area (Å²) >= 11 is 3.82. The first-order valence-electron chi connectivity index (χ1n) is 3.92. The van der Waals surface area contributed by atoms with Crippen molar-refractivity contribution in [2.45, 2.75) is 0 Å². The highest BCUT2D eigenvalue weighted by Crippen LogP contribution is 2.33. The second-order valence-corrected chi connectivity index (χ2v) is 5.59. The van der Waals surface area contributed by atoms with Crippen LogP contribution < -0.4 is 4.74 Å². The van der Waals surface area contributed by atoms with E-state index in [1.165, 1.54) is 0 Å². The molecule has 4 heteroatoms. The molecule has 1 aromatic carbocycles. The molecule has 2 rings (SSSR count). The van der Waals surface area contributed by atoms with Crippen molar-refractivity contribution < 1.29 is 4.74 Å². The molecule has 0 saturated carbocycles. The average Bonchev–Trinajstić information content (AvgIpc) is 2.52. The molecule has 0 radical (unpaired) electrons. The Kier molecular flexibility index (Phi) is 2.61. The van der Waals surface area contributed by atoms with E-state index >= 15 is 0 Å². The van der Waals surface area contributed by atoms with Gasteiger partial charge in [-0.15, -0.1) is 11.3 Å². The third-order valence-corrected chi connectivity index (χ3v) is 4.12. The molecule has 0 aliphatic heterocycles. The maximum absolute atomic E-state index is 8.98. The Labute approximate surface area is 99.3 Å². The van der Waals surface area contributed by atoms with Crippen molar-refractivity contribution in [1.82, 2.24) is 0 Å². The Morgan fingerprint density at radius 1 is 1.50 bits per heavy atom. The average molecular weight is 315 g/mol. The lowest BCUT2D eigenvalue weighted by atomic mass is 10.2. The molecule has 1 heterocycles. The zero-order valence-corrected chi connectivity index (χ0v) is 10.3. The zero-order valence-electron chi connectivity index (χ0n) is 7.37. The van der Waals surface area contributed by atoms with Gasteiger partial charge in [0.25, 0.3) is 0 Å². The van der Waals surface area contributed by atoms with E-state index in [1.54, 1.807) is 18.4 Å². The van der Waals surface area contributed by atoms with E-state index in [-0.39, 0.29) is 0 Å². The third-order valence-electron chi connectivity index (χ3n) is 1.96. The van der Waals surface area contributed by atoms with Gasteiger partial charge in [0.1, 0.15) is 11.8 Å². The van der Waals surface area contributed by atoms with E-state index in [4.69, 9.17) is 10.00 Å². The predicted octanol–water partition coefficient (Wildman–Crippen LogP) is 3.39. The van der Waals surface area contributed by atoms with Crippen LogP contribution in [0, 0.1) is 14.2 Å². The van der Waals surface area contributed by atoms with Gasteiger partial charge in [-0.25, -0.2) is 0 Å². The first-order chi connectivity index (χ1) is 6.76.